The lowest BCUT2D eigenvalue weighted by molar-refractivity contribution is 0.181. The Hall–Kier alpha value is -1.71. The monoisotopic (exact) mass is 352 g/mol. The molecule has 9 heteroatoms. The Morgan fingerprint density at radius 2 is 1.88 bits per heavy atom. The molecule has 0 atom stereocenters. The van der Waals surface area contributed by atoms with Gasteiger partial charge >= 0.3 is 0 Å². The van der Waals surface area contributed by atoms with E-state index in [0.717, 1.165) is 25.3 Å². The highest BCUT2D eigenvalue weighted by Gasteiger charge is 2.29. The number of rotatable bonds is 5. The van der Waals surface area contributed by atoms with Crippen molar-refractivity contribution in [3.8, 4) is 0 Å². The lowest BCUT2D eigenvalue weighted by Crippen LogP contribution is -2.48. The molecule has 0 bridgehead atoms. The fourth-order valence-corrected chi connectivity index (χ4v) is 4.35. The highest BCUT2D eigenvalue weighted by Crippen LogP contribution is 2.18. The molecule has 8 nitrogen and oxygen atoms in total. The summed E-state index contributed by atoms with van der Waals surface area (Å²) in [7, 11) is -1.53. The summed E-state index contributed by atoms with van der Waals surface area (Å²) in [6.07, 6.45) is 5.06. The maximum atomic E-state index is 12.7. The molecule has 0 N–H and O–H groups in total. The zero-order valence-electron chi connectivity index (χ0n) is 14.4. The minimum atomic E-state index is -3.44. The van der Waals surface area contributed by atoms with E-state index in [4.69, 9.17) is 0 Å². The molecule has 0 radical (unpaired) electrons. The van der Waals surface area contributed by atoms with Crippen molar-refractivity contribution in [3.63, 3.8) is 0 Å². The first-order chi connectivity index (χ1) is 11.4. The van der Waals surface area contributed by atoms with Crippen LogP contribution in [0.3, 0.4) is 0 Å². The standard InChI is InChI=1S/C15H24N6O2S/c1-4-20-12-15(9-16-20)24(22,23)21-7-5-19(6-8-21)11-14-10-18(3)17-13(14)2/h9-10,12H,4-8,11H2,1-3H3. The fraction of sp³-hybridized carbons (Fsp3) is 0.600. The third kappa shape index (κ3) is 3.38. The number of aryl methyl sites for hydroxylation is 3. The average molecular weight is 352 g/mol. The molecule has 0 aliphatic carbocycles. The van der Waals surface area contributed by atoms with Crippen LogP contribution in [0.1, 0.15) is 18.2 Å². The minimum Gasteiger partial charge on any atom is -0.296 e. The maximum absolute atomic E-state index is 12.7. The summed E-state index contributed by atoms with van der Waals surface area (Å²) in [6.45, 7) is 7.84. The van der Waals surface area contributed by atoms with Crippen molar-refractivity contribution in [1.82, 2.24) is 28.8 Å². The molecule has 0 amide bonds. The SMILES string of the molecule is CCn1cc(S(=O)(=O)N2CCN(Cc3cn(C)nc3C)CC2)cn1. The summed E-state index contributed by atoms with van der Waals surface area (Å²) in [5.74, 6) is 0. The number of nitrogens with zero attached hydrogens (tertiary/aromatic N) is 6. The zero-order chi connectivity index (χ0) is 17.3. The summed E-state index contributed by atoms with van der Waals surface area (Å²) in [5, 5.41) is 8.43. The molecular weight excluding hydrogens is 328 g/mol. The molecule has 0 spiro atoms. The maximum Gasteiger partial charge on any atom is 0.246 e. The van der Waals surface area contributed by atoms with Crippen LogP contribution < -0.4 is 0 Å². The van der Waals surface area contributed by atoms with Crippen LogP contribution in [0.25, 0.3) is 0 Å². The van der Waals surface area contributed by atoms with E-state index in [1.54, 1.807) is 15.2 Å². The average Bonchev–Trinajstić information content (AvgIpc) is 3.15. The Morgan fingerprint density at radius 3 is 2.42 bits per heavy atom. The number of piperazine rings is 1. The van der Waals surface area contributed by atoms with Crippen LogP contribution in [-0.4, -0.2) is 63.4 Å². The van der Waals surface area contributed by atoms with E-state index in [-0.39, 0.29) is 4.90 Å². The van der Waals surface area contributed by atoms with Gasteiger partial charge in [0.1, 0.15) is 4.90 Å². The molecule has 1 fully saturated rings. The Balaban J connectivity index is 1.63. The molecule has 1 aliphatic heterocycles. The molecular formula is C15H24N6O2S. The third-order valence-corrected chi connectivity index (χ3v) is 6.26. The molecule has 2 aromatic heterocycles. The van der Waals surface area contributed by atoms with E-state index in [1.807, 2.05) is 31.8 Å². The topological polar surface area (TPSA) is 76.3 Å². The Morgan fingerprint density at radius 1 is 1.17 bits per heavy atom. The molecule has 132 valence electrons. The molecule has 3 heterocycles. The van der Waals surface area contributed by atoms with Gasteiger partial charge in [-0.3, -0.25) is 14.3 Å². The van der Waals surface area contributed by atoms with E-state index >= 15 is 0 Å². The second-order valence-electron chi connectivity index (χ2n) is 6.13. The first kappa shape index (κ1) is 17.1. The minimum absolute atomic E-state index is 0.279. The quantitative estimate of drug-likeness (QED) is 0.781. The van der Waals surface area contributed by atoms with Crippen LogP contribution in [0.4, 0.5) is 0 Å². The normalized spacial score (nSPS) is 17.5. The second kappa shape index (κ2) is 6.66. The van der Waals surface area contributed by atoms with Crippen molar-refractivity contribution < 1.29 is 8.42 Å². The predicted octanol–water partition coefficient (Wildman–Crippen LogP) is 0.451. The van der Waals surface area contributed by atoms with Gasteiger partial charge in [-0.25, -0.2) is 8.42 Å². The van der Waals surface area contributed by atoms with Crippen molar-refractivity contribution in [2.24, 2.45) is 7.05 Å². The van der Waals surface area contributed by atoms with Crippen LogP contribution in [0.15, 0.2) is 23.5 Å². The van der Waals surface area contributed by atoms with Gasteiger partial charge in [-0.05, 0) is 13.8 Å². The van der Waals surface area contributed by atoms with Gasteiger partial charge in [0.15, 0.2) is 0 Å². The van der Waals surface area contributed by atoms with Crippen molar-refractivity contribution in [1.29, 1.82) is 0 Å². The number of aromatic nitrogens is 4. The van der Waals surface area contributed by atoms with E-state index < -0.39 is 10.0 Å². The Kier molecular flexibility index (Phi) is 4.75. The van der Waals surface area contributed by atoms with Gasteiger partial charge in [0.25, 0.3) is 0 Å². The Bertz CT molecular complexity index is 802. The second-order valence-corrected chi connectivity index (χ2v) is 8.06. The predicted molar refractivity (Wildman–Crippen MR) is 89.9 cm³/mol. The fourth-order valence-electron chi connectivity index (χ4n) is 2.97. The van der Waals surface area contributed by atoms with E-state index in [0.29, 0.717) is 19.6 Å². The van der Waals surface area contributed by atoms with Crippen LogP contribution >= 0.6 is 0 Å². The lowest BCUT2D eigenvalue weighted by Gasteiger charge is -2.33. The molecule has 0 aromatic carbocycles. The van der Waals surface area contributed by atoms with Gasteiger partial charge < -0.3 is 0 Å². The van der Waals surface area contributed by atoms with Crippen LogP contribution in [-0.2, 0) is 30.2 Å². The zero-order valence-corrected chi connectivity index (χ0v) is 15.2. The smallest absolute Gasteiger partial charge is 0.246 e. The number of hydrogen-bond acceptors (Lipinski definition) is 5. The van der Waals surface area contributed by atoms with Gasteiger partial charge in [0.2, 0.25) is 10.0 Å². The summed E-state index contributed by atoms with van der Waals surface area (Å²) in [6, 6.07) is 0. The van der Waals surface area contributed by atoms with Crippen LogP contribution in [0.5, 0.6) is 0 Å². The summed E-state index contributed by atoms with van der Waals surface area (Å²) in [5.41, 5.74) is 2.22. The summed E-state index contributed by atoms with van der Waals surface area (Å²) >= 11 is 0. The first-order valence-corrected chi connectivity index (χ1v) is 9.58. The van der Waals surface area contributed by atoms with Gasteiger partial charge in [-0.15, -0.1) is 0 Å². The molecule has 1 saturated heterocycles. The first-order valence-electron chi connectivity index (χ1n) is 8.14. The number of sulfonamides is 1. The molecule has 2 aromatic rings. The van der Waals surface area contributed by atoms with E-state index in [2.05, 4.69) is 15.1 Å². The highest BCUT2D eigenvalue weighted by atomic mass is 32.2. The van der Waals surface area contributed by atoms with Gasteiger partial charge in [0.05, 0.1) is 11.9 Å². The Labute approximate surface area is 142 Å². The molecule has 3 rings (SSSR count). The van der Waals surface area contributed by atoms with Crippen LogP contribution in [0.2, 0.25) is 0 Å². The largest absolute Gasteiger partial charge is 0.296 e. The van der Waals surface area contributed by atoms with E-state index in [9.17, 15) is 8.42 Å². The lowest BCUT2D eigenvalue weighted by atomic mass is 10.2. The van der Waals surface area contributed by atoms with Crippen LogP contribution in [0, 0.1) is 6.92 Å². The van der Waals surface area contributed by atoms with Crippen molar-refractivity contribution in [2.45, 2.75) is 31.8 Å². The third-order valence-electron chi connectivity index (χ3n) is 4.41. The van der Waals surface area contributed by atoms with E-state index in [1.165, 1.54) is 11.8 Å². The molecule has 24 heavy (non-hydrogen) atoms. The van der Waals surface area contributed by atoms with Gasteiger partial charge in [-0.2, -0.15) is 14.5 Å². The molecule has 0 unspecified atom stereocenters. The summed E-state index contributed by atoms with van der Waals surface area (Å²) in [4.78, 5) is 2.55. The van der Waals surface area contributed by atoms with Crippen molar-refractivity contribution >= 4 is 10.0 Å². The van der Waals surface area contributed by atoms with Gasteiger partial charge in [-0.1, -0.05) is 0 Å². The molecule has 1 aliphatic rings. The number of hydrogen-bond donors (Lipinski definition) is 0. The summed E-state index contributed by atoms with van der Waals surface area (Å²) < 4.78 is 30.4. The highest BCUT2D eigenvalue weighted by molar-refractivity contribution is 7.89. The van der Waals surface area contributed by atoms with Crippen molar-refractivity contribution in [2.75, 3.05) is 26.2 Å². The molecule has 0 saturated carbocycles. The van der Waals surface area contributed by atoms with Gasteiger partial charge in [0, 0.05) is 64.3 Å². The van der Waals surface area contributed by atoms with Crippen molar-refractivity contribution in [3.05, 3.63) is 29.8 Å².